The standard InChI is InChI=1S/C10H20N2/c1-11-6-4-5-10(11)9-12-7-2-3-8-12/h10H,2-9H2,1H3/t10-/m1/s1. The second kappa shape index (κ2) is 3.75. The number of nitrogens with zero attached hydrogens (tertiary/aromatic N) is 2. The van der Waals surface area contributed by atoms with Crippen LogP contribution in [0.15, 0.2) is 0 Å². The van der Waals surface area contributed by atoms with E-state index < -0.39 is 0 Å². The average molecular weight is 168 g/mol. The Labute approximate surface area is 75.5 Å². The lowest BCUT2D eigenvalue weighted by Crippen LogP contribution is -2.37. The van der Waals surface area contributed by atoms with Crippen molar-refractivity contribution in [1.82, 2.24) is 9.80 Å². The van der Waals surface area contributed by atoms with Crippen LogP contribution in [0.5, 0.6) is 0 Å². The molecule has 2 fully saturated rings. The van der Waals surface area contributed by atoms with Gasteiger partial charge in [-0.1, -0.05) is 0 Å². The van der Waals surface area contributed by atoms with Crippen LogP contribution >= 0.6 is 0 Å². The molecule has 0 aromatic rings. The summed E-state index contributed by atoms with van der Waals surface area (Å²) >= 11 is 0. The van der Waals surface area contributed by atoms with Gasteiger partial charge in [-0.05, 0) is 52.4 Å². The van der Waals surface area contributed by atoms with E-state index >= 15 is 0 Å². The molecule has 1 atom stereocenters. The first-order valence-electron chi connectivity index (χ1n) is 5.29. The lowest BCUT2D eigenvalue weighted by atomic mass is 10.2. The molecule has 70 valence electrons. The van der Waals surface area contributed by atoms with Gasteiger partial charge in [-0.3, -0.25) is 0 Å². The second-order valence-corrected chi connectivity index (χ2v) is 4.28. The summed E-state index contributed by atoms with van der Waals surface area (Å²) < 4.78 is 0. The molecule has 0 aromatic carbocycles. The zero-order valence-electron chi connectivity index (χ0n) is 8.13. The zero-order valence-corrected chi connectivity index (χ0v) is 8.13. The molecule has 0 bridgehead atoms. The molecule has 2 aliphatic heterocycles. The molecule has 0 aliphatic carbocycles. The van der Waals surface area contributed by atoms with Gasteiger partial charge in [-0.15, -0.1) is 0 Å². The summed E-state index contributed by atoms with van der Waals surface area (Å²) in [5.74, 6) is 0. The van der Waals surface area contributed by atoms with Crippen molar-refractivity contribution in [3.8, 4) is 0 Å². The topological polar surface area (TPSA) is 6.48 Å². The van der Waals surface area contributed by atoms with Gasteiger partial charge in [0, 0.05) is 12.6 Å². The van der Waals surface area contributed by atoms with E-state index in [2.05, 4.69) is 16.8 Å². The van der Waals surface area contributed by atoms with E-state index in [0.717, 1.165) is 6.04 Å². The van der Waals surface area contributed by atoms with Gasteiger partial charge in [-0.25, -0.2) is 0 Å². The Hall–Kier alpha value is -0.0800. The van der Waals surface area contributed by atoms with Crippen molar-refractivity contribution in [2.24, 2.45) is 0 Å². The Morgan fingerprint density at radius 1 is 1.08 bits per heavy atom. The highest BCUT2D eigenvalue weighted by molar-refractivity contribution is 4.81. The van der Waals surface area contributed by atoms with Gasteiger partial charge in [0.1, 0.15) is 0 Å². The van der Waals surface area contributed by atoms with Crippen molar-refractivity contribution in [3.05, 3.63) is 0 Å². The summed E-state index contributed by atoms with van der Waals surface area (Å²) in [5.41, 5.74) is 0. The summed E-state index contributed by atoms with van der Waals surface area (Å²) in [4.78, 5) is 5.16. The minimum atomic E-state index is 0.864. The normalized spacial score (nSPS) is 33.2. The SMILES string of the molecule is CN1CCC[C@@H]1CN1CCCC1. The highest BCUT2D eigenvalue weighted by Crippen LogP contribution is 2.18. The maximum Gasteiger partial charge on any atom is 0.0220 e. The van der Waals surface area contributed by atoms with E-state index in [4.69, 9.17) is 0 Å². The highest BCUT2D eigenvalue weighted by atomic mass is 15.2. The first-order chi connectivity index (χ1) is 5.86. The van der Waals surface area contributed by atoms with Crippen molar-refractivity contribution in [2.45, 2.75) is 31.7 Å². The van der Waals surface area contributed by atoms with Crippen molar-refractivity contribution >= 4 is 0 Å². The largest absolute Gasteiger partial charge is 0.302 e. The van der Waals surface area contributed by atoms with Gasteiger partial charge in [0.2, 0.25) is 0 Å². The van der Waals surface area contributed by atoms with E-state index in [1.807, 2.05) is 0 Å². The third-order valence-corrected chi connectivity index (χ3v) is 3.34. The van der Waals surface area contributed by atoms with Crippen LogP contribution in [-0.4, -0.2) is 49.1 Å². The van der Waals surface area contributed by atoms with Crippen molar-refractivity contribution < 1.29 is 0 Å². The van der Waals surface area contributed by atoms with Crippen molar-refractivity contribution in [1.29, 1.82) is 0 Å². The van der Waals surface area contributed by atoms with E-state index in [-0.39, 0.29) is 0 Å². The van der Waals surface area contributed by atoms with Crippen LogP contribution in [0.25, 0.3) is 0 Å². The molecule has 2 heterocycles. The summed E-state index contributed by atoms with van der Waals surface area (Å²) in [5, 5.41) is 0. The van der Waals surface area contributed by atoms with Gasteiger partial charge in [0.25, 0.3) is 0 Å². The minimum absolute atomic E-state index is 0.864. The number of rotatable bonds is 2. The van der Waals surface area contributed by atoms with E-state index in [1.54, 1.807) is 0 Å². The summed E-state index contributed by atoms with van der Waals surface area (Å²) in [6, 6.07) is 0.864. The van der Waals surface area contributed by atoms with Crippen LogP contribution < -0.4 is 0 Å². The summed E-state index contributed by atoms with van der Waals surface area (Å²) in [7, 11) is 2.27. The number of likely N-dealkylation sites (N-methyl/N-ethyl adjacent to an activating group) is 1. The molecular weight excluding hydrogens is 148 g/mol. The molecule has 0 N–H and O–H groups in total. The Balaban J connectivity index is 1.77. The number of hydrogen-bond acceptors (Lipinski definition) is 2. The number of hydrogen-bond donors (Lipinski definition) is 0. The monoisotopic (exact) mass is 168 g/mol. The van der Waals surface area contributed by atoms with Gasteiger partial charge in [-0.2, -0.15) is 0 Å². The Kier molecular flexibility index (Phi) is 2.66. The smallest absolute Gasteiger partial charge is 0.0220 e. The van der Waals surface area contributed by atoms with E-state index in [1.165, 1.54) is 51.9 Å². The van der Waals surface area contributed by atoms with Crippen LogP contribution in [0, 0.1) is 0 Å². The molecule has 0 saturated carbocycles. The van der Waals surface area contributed by atoms with Crippen LogP contribution in [0.2, 0.25) is 0 Å². The molecule has 0 amide bonds. The summed E-state index contributed by atoms with van der Waals surface area (Å²) in [6.45, 7) is 5.35. The van der Waals surface area contributed by atoms with E-state index in [9.17, 15) is 0 Å². The van der Waals surface area contributed by atoms with Gasteiger partial charge >= 0.3 is 0 Å². The first kappa shape index (κ1) is 8.52. The predicted octanol–water partition coefficient (Wildman–Crippen LogP) is 1.18. The van der Waals surface area contributed by atoms with Crippen LogP contribution in [-0.2, 0) is 0 Å². The molecule has 0 unspecified atom stereocenters. The fourth-order valence-corrected chi connectivity index (χ4v) is 2.47. The molecular formula is C10H20N2. The van der Waals surface area contributed by atoms with Gasteiger partial charge in [0.15, 0.2) is 0 Å². The fourth-order valence-electron chi connectivity index (χ4n) is 2.47. The van der Waals surface area contributed by atoms with Crippen LogP contribution in [0.1, 0.15) is 25.7 Å². The Morgan fingerprint density at radius 3 is 2.42 bits per heavy atom. The predicted molar refractivity (Wildman–Crippen MR) is 51.3 cm³/mol. The third-order valence-electron chi connectivity index (χ3n) is 3.34. The second-order valence-electron chi connectivity index (χ2n) is 4.28. The molecule has 12 heavy (non-hydrogen) atoms. The summed E-state index contributed by atoms with van der Waals surface area (Å²) in [6.07, 6.45) is 5.69. The lowest BCUT2D eigenvalue weighted by Gasteiger charge is -2.24. The third kappa shape index (κ3) is 1.80. The van der Waals surface area contributed by atoms with Crippen molar-refractivity contribution in [2.75, 3.05) is 33.2 Å². The van der Waals surface area contributed by atoms with Gasteiger partial charge < -0.3 is 9.80 Å². The lowest BCUT2D eigenvalue weighted by molar-refractivity contribution is 0.220. The molecule has 2 rings (SSSR count). The maximum atomic E-state index is 2.63. The minimum Gasteiger partial charge on any atom is -0.302 e. The molecule has 2 heteroatoms. The average Bonchev–Trinajstić information content (AvgIpc) is 2.65. The zero-order chi connectivity index (χ0) is 8.39. The first-order valence-corrected chi connectivity index (χ1v) is 5.29. The molecule has 0 radical (unpaired) electrons. The van der Waals surface area contributed by atoms with E-state index in [0.29, 0.717) is 0 Å². The van der Waals surface area contributed by atoms with Crippen LogP contribution in [0.3, 0.4) is 0 Å². The molecule has 0 spiro atoms. The fraction of sp³-hybridized carbons (Fsp3) is 1.00. The molecule has 2 saturated heterocycles. The molecule has 2 aliphatic rings. The molecule has 0 aromatic heterocycles. The quantitative estimate of drug-likeness (QED) is 0.611. The maximum absolute atomic E-state index is 2.63. The Bertz CT molecular complexity index is 141. The van der Waals surface area contributed by atoms with Crippen molar-refractivity contribution in [3.63, 3.8) is 0 Å². The highest BCUT2D eigenvalue weighted by Gasteiger charge is 2.24. The molecule has 2 nitrogen and oxygen atoms in total. The Morgan fingerprint density at radius 2 is 1.83 bits per heavy atom. The van der Waals surface area contributed by atoms with Gasteiger partial charge in [0.05, 0.1) is 0 Å². The number of likely N-dealkylation sites (tertiary alicyclic amines) is 2. The van der Waals surface area contributed by atoms with Crippen LogP contribution in [0.4, 0.5) is 0 Å².